The van der Waals surface area contributed by atoms with E-state index in [2.05, 4.69) is 10.0 Å². The van der Waals surface area contributed by atoms with Crippen molar-refractivity contribution in [3.63, 3.8) is 0 Å². The summed E-state index contributed by atoms with van der Waals surface area (Å²) in [5.74, 6) is -1.48. The molecule has 0 aliphatic carbocycles. The summed E-state index contributed by atoms with van der Waals surface area (Å²) >= 11 is 0. The van der Waals surface area contributed by atoms with Crippen LogP contribution < -0.4 is 0 Å². The lowest BCUT2D eigenvalue weighted by atomic mass is 9.77. The Morgan fingerprint density at radius 2 is 1.93 bits per heavy atom. The molecular formula is C21H29N3O6. The molecule has 164 valence electrons. The highest BCUT2D eigenvalue weighted by atomic mass is 16.8. The number of fused-ring (bicyclic) bond motifs is 1. The summed E-state index contributed by atoms with van der Waals surface area (Å²) < 4.78 is 29.5. The fourth-order valence-electron chi connectivity index (χ4n) is 3.96. The second-order valence-electron chi connectivity index (χ2n) is 8.41. The van der Waals surface area contributed by atoms with E-state index in [1.807, 2.05) is 30.3 Å². The first-order valence-corrected chi connectivity index (χ1v) is 10.1. The van der Waals surface area contributed by atoms with E-state index < -0.39 is 41.2 Å². The first-order chi connectivity index (χ1) is 14.2. The molecule has 0 radical (unpaired) electrons. The number of benzene rings is 1. The number of hydrogen-bond acceptors (Lipinski definition) is 7. The molecule has 0 aromatic heterocycles. The van der Waals surface area contributed by atoms with E-state index in [-0.39, 0.29) is 13.2 Å². The number of carbonyl (C=O) groups is 1. The minimum atomic E-state index is -1.65. The molecule has 2 heterocycles. The van der Waals surface area contributed by atoms with Crippen molar-refractivity contribution in [2.45, 2.75) is 71.0 Å². The number of carbonyl (C=O) groups excluding carboxylic acids is 1. The molecular weight excluding hydrogens is 390 g/mol. The Kier molecular flexibility index (Phi) is 6.40. The lowest BCUT2D eigenvalue weighted by Gasteiger charge is -2.41. The fourth-order valence-corrected chi connectivity index (χ4v) is 3.96. The van der Waals surface area contributed by atoms with Crippen LogP contribution in [-0.4, -0.2) is 49.0 Å². The summed E-state index contributed by atoms with van der Waals surface area (Å²) in [6, 6.07) is 9.73. The summed E-state index contributed by atoms with van der Waals surface area (Å²) in [6.45, 7) is 9.25. The number of rotatable bonds is 8. The first kappa shape index (κ1) is 22.5. The van der Waals surface area contributed by atoms with Crippen LogP contribution in [0.25, 0.3) is 10.4 Å². The molecule has 2 aliphatic heterocycles. The molecule has 0 N–H and O–H groups in total. The molecule has 0 unspecified atom stereocenters. The van der Waals surface area contributed by atoms with E-state index in [9.17, 15) is 10.3 Å². The van der Waals surface area contributed by atoms with Crippen LogP contribution >= 0.6 is 0 Å². The molecule has 0 amide bonds. The highest BCUT2D eigenvalue weighted by Crippen LogP contribution is 2.53. The number of nitrogens with zero attached hydrogens (tertiary/aromatic N) is 3. The maximum Gasteiger partial charge on any atom is 0.314 e. The molecule has 9 nitrogen and oxygen atoms in total. The van der Waals surface area contributed by atoms with Crippen molar-refractivity contribution in [3.8, 4) is 0 Å². The van der Waals surface area contributed by atoms with E-state index >= 15 is 0 Å². The zero-order valence-corrected chi connectivity index (χ0v) is 18.0. The summed E-state index contributed by atoms with van der Waals surface area (Å²) in [5, 5.41) is 3.95. The Hall–Kier alpha value is -2.16. The minimum Gasteiger partial charge on any atom is -0.465 e. The van der Waals surface area contributed by atoms with Crippen LogP contribution in [0.1, 0.15) is 40.2 Å². The van der Waals surface area contributed by atoms with Gasteiger partial charge in [-0.25, -0.2) is 0 Å². The van der Waals surface area contributed by atoms with Gasteiger partial charge in [0.1, 0.15) is 18.3 Å². The summed E-state index contributed by atoms with van der Waals surface area (Å²) in [4.78, 5) is 15.8. The second kappa shape index (κ2) is 8.53. The third-order valence-corrected chi connectivity index (χ3v) is 5.48. The van der Waals surface area contributed by atoms with Gasteiger partial charge in [0.15, 0.2) is 11.5 Å². The Morgan fingerprint density at radius 1 is 1.23 bits per heavy atom. The van der Waals surface area contributed by atoms with Crippen molar-refractivity contribution in [1.29, 1.82) is 0 Å². The van der Waals surface area contributed by atoms with E-state index in [1.165, 1.54) is 0 Å². The smallest absolute Gasteiger partial charge is 0.314 e. The summed E-state index contributed by atoms with van der Waals surface area (Å²) in [5.41, 5.74) is 7.38. The van der Waals surface area contributed by atoms with Crippen molar-refractivity contribution in [1.82, 2.24) is 0 Å². The normalized spacial score (nSPS) is 29.8. The Bertz CT molecular complexity index is 808. The van der Waals surface area contributed by atoms with Gasteiger partial charge in [-0.05, 0) is 45.7 Å². The van der Waals surface area contributed by atoms with Gasteiger partial charge < -0.3 is 23.7 Å². The second-order valence-corrected chi connectivity index (χ2v) is 8.41. The molecule has 2 fully saturated rings. The van der Waals surface area contributed by atoms with Crippen LogP contribution in [0, 0.1) is 5.41 Å². The Labute approximate surface area is 176 Å². The molecule has 2 aliphatic rings. The molecule has 0 saturated carbocycles. The predicted molar refractivity (Wildman–Crippen MR) is 107 cm³/mol. The largest absolute Gasteiger partial charge is 0.465 e. The van der Waals surface area contributed by atoms with Gasteiger partial charge in [0.2, 0.25) is 0 Å². The number of esters is 1. The van der Waals surface area contributed by atoms with E-state index in [4.69, 9.17) is 23.7 Å². The zero-order chi connectivity index (χ0) is 22.0. The zero-order valence-electron chi connectivity index (χ0n) is 18.0. The number of azide groups is 1. The number of ether oxygens (including phenoxy) is 5. The summed E-state index contributed by atoms with van der Waals surface area (Å²) in [7, 11) is 0. The van der Waals surface area contributed by atoms with E-state index in [0.29, 0.717) is 6.61 Å². The van der Waals surface area contributed by atoms with Crippen LogP contribution in [0.5, 0.6) is 0 Å². The lowest BCUT2D eigenvalue weighted by Crippen LogP contribution is -2.56. The van der Waals surface area contributed by atoms with Gasteiger partial charge in [-0.15, -0.1) is 0 Å². The van der Waals surface area contributed by atoms with E-state index in [0.717, 1.165) is 5.56 Å². The van der Waals surface area contributed by atoms with Crippen LogP contribution in [0.4, 0.5) is 0 Å². The van der Waals surface area contributed by atoms with Crippen LogP contribution in [0.15, 0.2) is 35.4 Å². The summed E-state index contributed by atoms with van der Waals surface area (Å²) in [6.07, 6.45) is -1.97. The van der Waals surface area contributed by atoms with Gasteiger partial charge in [-0.2, -0.15) is 0 Å². The predicted octanol–water partition coefficient (Wildman–Crippen LogP) is 3.72. The lowest BCUT2D eigenvalue weighted by molar-refractivity contribution is -0.239. The molecule has 4 atom stereocenters. The third kappa shape index (κ3) is 4.04. The molecule has 0 spiro atoms. The van der Waals surface area contributed by atoms with Crippen LogP contribution in [-0.2, 0) is 35.1 Å². The molecule has 0 bridgehead atoms. The van der Waals surface area contributed by atoms with Crippen molar-refractivity contribution >= 4 is 5.97 Å². The fraction of sp³-hybridized carbons (Fsp3) is 0.667. The van der Waals surface area contributed by atoms with Crippen LogP contribution in [0.2, 0.25) is 0 Å². The van der Waals surface area contributed by atoms with Gasteiger partial charge in [0.25, 0.3) is 0 Å². The molecule has 3 rings (SSSR count). The maximum atomic E-state index is 12.8. The van der Waals surface area contributed by atoms with Crippen LogP contribution in [0.3, 0.4) is 0 Å². The quantitative estimate of drug-likeness (QED) is 0.275. The van der Waals surface area contributed by atoms with Crippen molar-refractivity contribution in [2.75, 3.05) is 13.2 Å². The molecule has 30 heavy (non-hydrogen) atoms. The molecule has 9 heteroatoms. The maximum absolute atomic E-state index is 12.8. The van der Waals surface area contributed by atoms with Crippen molar-refractivity contribution in [3.05, 3.63) is 46.3 Å². The Balaban J connectivity index is 1.87. The van der Waals surface area contributed by atoms with Gasteiger partial charge in [0, 0.05) is 4.91 Å². The first-order valence-electron chi connectivity index (χ1n) is 10.1. The number of hydrogen-bond donors (Lipinski definition) is 0. The molecule has 2 saturated heterocycles. The van der Waals surface area contributed by atoms with Gasteiger partial charge in [0.05, 0.1) is 25.2 Å². The van der Waals surface area contributed by atoms with Crippen molar-refractivity contribution in [2.24, 2.45) is 10.5 Å². The SMILES string of the molecule is CCOC(=O)C(C)(C)[C@]1(N=[N+]=[N-])O[C@H](COCc2ccccc2)[C@@H]2OC(C)(C)O[C@@H]21. The molecule has 1 aromatic rings. The van der Waals surface area contributed by atoms with Gasteiger partial charge >= 0.3 is 5.97 Å². The minimum absolute atomic E-state index is 0.178. The Morgan fingerprint density at radius 3 is 2.57 bits per heavy atom. The van der Waals surface area contributed by atoms with E-state index in [1.54, 1.807) is 34.6 Å². The monoisotopic (exact) mass is 419 g/mol. The standard InChI is InChI=1S/C21H29N3O6/c1-6-27-18(25)19(2,3)21(23-24-22)17-16(29-20(4,5)30-17)15(28-21)13-26-12-14-10-8-7-9-11-14/h7-11,15-17H,6,12-13H2,1-5H3/t15-,16+,17+,21-/m1/s1. The highest BCUT2D eigenvalue weighted by molar-refractivity contribution is 5.78. The average Bonchev–Trinajstić information content (AvgIpc) is 3.16. The van der Waals surface area contributed by atoms with Gasteiger partial charge in [-0.1, -0.05) is 35.4 Å². The average molecular weight is 419 g/mol. The topological polar surface area (TPSA) is 112 Å². The highest BCUT2D eigenvalue weighted by Gasteiger charge is 2.70. The van der Waals surface area contributed by atoms with Gasteiger partial charge in [-0.3, -0.25) is 4.79 Å². The molecule has 1 aromatic carbocycles. The third-order valence-electron chi connectivity index (χ3n) is 5.48. The van der Waals surface area contributed by atoms with Crippen molar-refractivity contribution < 1.29 is 28.5 Å².